The van der Waals surface area contributed by atoms with E-state index in [-0.39, 0.29) is 24.1 Å². The Hall–Kier alpha value is -1.93. The van der Waals surface area contributed by atoms with Crippen molar-refractivity contribution in [3.63, 3.8) is 0 Å². The summed E-state index contributed by atoms with van der Waals surface area (Å²) in [6, 6.07) is 7.03. The lowest BCUT2D eigenvalue weighted by molar-refractivity contribution is -0.121. The van der Waals surface area contributed by atoms with Crippen LogP contribution in [0.1, 0.15) is 26.3 Å². The number of phenolic OH excluding ortho intramolecular Hbond substituents is 1. The number of aromatic hydroxyl groups is 1. The number of hydrogen-bond donors (Lipinski definition) is 3. The third-order valence-electron chi connectivity index (χ3n) is 3.46. The Kier molecular flexibility index (Phi) is 11.5. The van der Waals surface area contributed by atoms with Crippen LogP contribution in [0.25, 0.3) is 0 Å². The first kappa shape index (κ1) is 23.1. The van der Waals surface area contributed by atoms with Crippen LogP contribution in [0, 0.1) is 5.92 Å². The van der Waals surface area contributed by atoms with Gasteiger partial charge in [0.2, 0.25) is 0 Å². The minimum atomic E-state index is -0.500. The van der Waals surface area contributed by atoms with Crippen molar-refractivity contribution >= 4 is 40.6 Å². The summed E-state index contributed by atoms with van der Waals surface area (Å²) in [5.41, 5.74) is 5.14. The Morgan fingerprint density at radius 1 is 1.28 bits per heavy atom. The molecular formula is C17H26N2O4S2. The molecule has 6 nitrogen and oxygen atoms in total. The van der Waals surface area contributed by atoms with Crippen molar-refractivity contribution in [3.05, 3.63) is 29.8 Å². The molecule has 1 aromatic carbocycles. The molecular weight excluding hydrogens is 360 g/mol. The van der Waals surface area contributed by atoms with Gasteiger partial charge in [-0.25, -0.2) is 0 Å². The van der Waals surface area contributed by atoms with Crippen LogP contribution < -0.4 is 5.73 Å². The number of ketones is 1. The number of thiocarbonyl (C=S) groups is 2. The fraction of sp³-hybridized carbons (Fsp3) is 0.471. The fourth-order valence-electron chi connectivity index (χ4n) is 2.01. The maximum atomic E-state index is 11.8. The SMILES string of the molecule is CCN(CC)C(=S)OCC(Cc1ccccc1O)C(C)=O.NC(O)=S. The van der Waals surface area contributed by atoms with E-state index in [0.717, 1.165) is 18.7 Å². The molecule has 0 bridgehead atoms. The van der Waals surface area contributed by atoms with Crippen molar-refractivity contribution in [1.82, 2.24) is 4.90 Å². The van der Waals surface area contributed by atoms with Crippen molar-refractivity contribution < 1.29 is 19.7 Å². The Balaban J connectivity index is 0.00000129. The first-order valence-corrected chi connectivity index (χ1v) is 8.71. The normalized spacial score (nSPS) is 10.8. The van der Waals surface area contributed by atoms with E-state index in [1.165, 1.54) is 6.92 Å². The first-order valence-electron chi connectivity index (χ1n) is 7.90. The molecule has 0 aliphatic heterocycles. The number of aliphatic hydroxyl groups excluding tert-OH is 1. The summed E-state index contributed by atoms with van der Waals surface area (Å²) in [6.07, 6.45) is 0.447. The van der Waals surface area contributed by atoms with Crippen LogP contribution in [-0.4, -0.2) is 50.9 Å². The molecule has 1 rings (SSSR count). The Morgan fingerprint density at radius 2 is 1.80 bits per heavy atom. The molecule has 0 aliphatic carbocycles. The highest BCUT2D eigenvalue weighted by molar-refractivity contribution is 7.80. The third kappa shape index (κ3) is 9.83. The predicted octanol–water partition coefficient (Wildman–Crippen LogP) is 2.57. The van der Waals surface area contributed by atoms with Crippen LogP contribution in [0.15, 0.2) is 24.3 Å². The van der Waals surface area contributed by atoms with Gasteiger partial charge in [0.15, 0.2) is 0 Å². The number of rotatable bonds is 7. The topological polar surface area (TPSA) is 96.0 Å². The van der Waals surface area contributed by atoms with E-state index in [1.54, 1.807) is 12.1 Å². The zero-order valence-electron chi connectivity index (χ0n) is 14.8. The fourth-order valence-corrected chi connectivity index (χ4v) is 2.34. The number of aliphatic hydroxyl groups is 1. The second-order valence-electron chi connectivity index (χ2n) is 5.23. The number of para-hydroxylation sites is 1. The zero-order chi connectivity index (χ0) is 19.4. The summed E-state index contributed by atoms with van der Waals surface area (Å²) >= 11 is 9.08. The second-order valence-corrected chi connectivity index (χ2v) is 6.00. The van der Waals surface area contributed by atoms with Gasteiger partial charge in [0, 0.05) is 13.1 Å². The summed E-state index contributed by atoms with van der Waals surface area (Å²) in [7, 11) is 0. The molecule has 0 spiro atoms. The molecule has 0 radical (unpaired) electrons. The zero-order valence-corrected chi connectivity index (χ0v) is 16.4. The second kappa shape index (κ2) is 12.4. The minimum absolute atomic E-state index is 0.0283. The minimum Gasteiger partial charge on any atom is -0.508 e. The van der Waals surface area contributed by atoms with Crippen molar-refractivity contribution in [2.24, 2.45) is 11.7 Å². The van der Waals surface area contributed by atoms with E-state index in [2.05, 4.69) is 18.0 Å². The largest absolute Gasteiger partial charge is 0.508 e. The third-order valence-corrected chi connectivity index (χ3v) is 3.84. The lowest BCUT2D eigenvalue weighted by atomic mass is 9.96. The van der Waals surface area contributed by atoms with Gasteiger partial charge >= 0.3 is 0 Å². The van der Waals surface area contributed by atoms with E-state index in [0.29, 0.717) is 11.6 Å². The molecule has 0 amide bonds. The van der Waals surface area contributed by atoms with Gasteiger partial charge in [-0.3, -0.25) is 4.79 Å². The number of nitrogens with two attached hydrogens (primary N) is 1. The summed E-state index contributed by atoms with van der Waals surface area (Å²) in [4.78, 5) is 13.7. The number of benzene rings is 1. The van der Waals surface area contributed by atoms with E-state index in [9.17, 15) is 9.90 Å². The van der Waals surface area contributed by atoms with Crippen molar-refractivity contribution in [2.45, 2.75) is 27.2 Å². The summed E-state index contributed by atoms with van der Waals surface area (Å²) < 4.78 is 5.58. The molecule has 1 aromatic rings. The number of Topliss-reactive ketones (excluding diaryl/α,β-unsaturated/α-hetero) is 1. The maximum absolute atomic E-state index is 11.8. The van der Waals surface area contributed by atoms with Crippen molar-refractivity contribution in [3.8, 4) is 5.75 Å². The highest BCUT2D eigenvalue weighted by Crippen LogP contribution is 2.20. The Morgan fingerprint density at radius 3 is 2.24 bits per heavy atom. The van der Waals surface area contributed by atoms with Crippen LogP contribution in [0.4, 0.5) is 0 Å². The van der Waals surface area contributed by atoms with E-state index in [1.807, 2.05) is 30.9 Å². The van der Waals surface area contributed by atoms with Gasteiger partial charge in [-0.2, -0.15) is 0 Å². The van der Waals surface area contributed by atoms with Crippen LogP contribution in [0.5, 0.6) is 5.75 Å². The van der Waals surface area contributed by atoms with E-state index in [4.69, 9.17) is 22.1 Å². The average molecular weight is 387 g/mol. The van der Waals surface area contributed by atoms with Gasteiger partial charge in [-0.05, 0) is 63.3 Å². The molecule has 0 saturated heterocycles. The van der Waals surface area contributed by atoms with Gasteiger partial charge in [-0.15, -0.1) is 0 Å². The number of hydrogen-bond acceptors (Lipinski definition) is 5. The van der Waals surface area contributed by atoms with E-state index < -0.39 is 5.17 Å². The average Bonchev–Trinajstić information content (AvgIpc) is 2.53. The quantitative estimate of drug-likeness (QED) is 0.616. The molecule has 25 heavy (non-hydrogen) atoms. The van der Waals surface area contributed by atoms with Gasteiger partial charge < -0.3 is 25.6 Å². The first-order chi connectivity index (χ1) is 11.7. The Labute approximate surface area is 159 Å². The molecule has 4 N–H and O–H groups in total. The predicted molar refractivity (Wildman–Crippen MR) is 107 cm³/mol. The summed E-state index contributed by atoms with van der Waals surface area (Å²) in [5, 5.41) is 17.3. The Bertz CT molecular complexity index is 574. The van der Waals surface area contributed by atoms with Gasteiger partial charge in [0.05, 0.1) is 5.92 Å². The van der Waals surface area contributed by atoms with Crippen LogP contribution in [0.2, 0.25) is 0 Å². The van der Waals surface area contributed by atoms with Gasteiger partial charge in [0.1, 0.15) is 18.1 Å². The van der Waals surface area contributed by atoms with E-state index >= 15 is 0 Å². The number of carbonyl (C=O) groups is 1. The highest BCUT2D eigenvalue weighted by atomic mass is 32.1. The van der Waals surface area contributed by atoms with Crippen LogP contribution in [0.3, 0.4) is 0 Å². The summed E-state index contributed by atoms with van der Waals surface area (Å²) in [5.74, 6) is -0.0810. The molecule has 0 heterocycles. The molecule has 140 valence electrons. The van der Waals surface area contributed by atoms with Gasteiger partial charge in [-0.1, -0.05) is 18.2 Å². The smallest absolute Gasteiger partial charge is 0.259 e. The van der Waals surface area contributed by atoms with Crippen LogP contribution in [-0.2, 0) is 16.0 Å². The van der Waals surface area contributed by atoms with Gasteiger partial charge in [0.25, 0.3) is 10.3 Å². The molecule has 8 heteroatoms. The molecule has 0 saturated carbocycles. The molecule has 1 atom stereocenters. The van der Waals surface area contributed by atoms with Crippen molar-refractivity contribution in [1.29, 1.82) is 0 Å². The summed E-state index contributed by atoms with van der Waals surface area (Å²) in [6.45, 7) is 7.33. The molecule has 0 aliphatic rings. The molecule has 1 unspecified atom stereocenters. The number of carbonyl (C=O) groups excluding carboxylic acids is 1. The number of nitrogens with zero attached hydrogens (tertiary/aromatic N) is 1. The molecule has 0 aromatic heterocycles. The lowest BCUT2D eigenvalue weighted by Crippen LogP contribution is -2.33. The highest BCUT2D eigenvalue weighted by Gasteiger charge is 2.19. The number of phenols is 1. The monoisotopic (exact) mass is 386 g/mol. The lowest BCUT2D eigenvalue weighted by Gasteiger charge is -2.23. The maximum Gasteiger partial charge on any atom is 0.259 e. The molecule has 0 fully saturated rings. The number of ether oxygens (including phenoxy) is 1. The standard InChI is InChI=1S/C16H23NO3S.CH3NOS/c1-4-17(5-2)16(21)20-11-14(12(3)18)10-13-8-6-7-9-15(13)19;2-1(3)4/h6-9,14,19H,4-5,10-11H2,1-3H3;(H3,2,3,4). The van der Waals surface area contributed by atoms with Crippen LogP contribution >= 0.6 is 24.4 Å². The van der Waals surface area contributed by atoms with Crippen molar-refractivity contribution in [2.75, 3.05) is 19.7 Å².